The molecule has 0 radical (unpaired) electrons. The second-order valence-corrected chi connectivity index (χ2v) is 9.18. The van der Waals surface area contributed by atoms with Crippen molar-refractivity contribution in [1.29, 1.82) is 0 Å². The van der Waals surface area contributed by atoms with Crippen LogP contribution < -0.4 is 15.8 Å². The minimum absolute atomic E-state index is 0.00722. The van der Waals surface area contributed by atoms with Crippen molar-refractivity contribution in [3.63, 3.8) is 0 Å². The predicted molar refractivity (Wildman–Crippen MR) is 131 cm³/mol. The van der Waals surface area contributed by atoms with Crippen molar-refractivity contribution in [2.24, 2.45) is 0 Å². The lowest BCUT2D eigenvalue weighted by Gasteiger charge is -2.30. The summed E-state index contributed by atoms with van der Waals surface area (Å²) in [5.41, 5.74) is 1.72. The van der Waals surface area contributed by atoms with Crippen LogP contribution in [0.4, 0.5) is 11.6 Å². The number of anilines is 2. The molecule has 176 valence electrons. The molecule has 3 aromatic rings. The van der Waals surface area contributed by atoms with E-state index in [9.17, 15) is 9.90 Å². The van der Waals surface area contributed by atoms with Gasteiger partial charge in [0.15, 0.2) is 0 Å². The van der Waals surface area contributed by atoms with Gasteiger partial charge in [-0.1, -0.05) is 19.4 Å². The first kappa shape index (κ1) is 22.1. The average Bonchev–Trinajstić information content (AvgIpc) is 2.86. The fourth-order valence-electron chi connectivity index (χ4n) is 5.05. The number of fused-ring (bicyclic) bond motifs is 3. The number of unbranched alkanes of at least 4 members (excludes halogenated alkanes) is 1. The van der Waals surface area contributed by atoms with Crippen molar-refractivity contribution < 1.29 is 9.84 Å². The number of rotatable bonds is 6. The van der Waals surface area contributed by atoms with E-state index in [-0.39, 0.29) is 17.7 Å². The first-order valence-corrected chi connectivity index (χ1v) is 12.3. The van der Waals surface area contributed by atoms with Gasteiger partial charge in [-0.2, -0.15) is 4.98 Å². The number of nitrogens with one attached hydrogen (secondary N) is 1. The molecule has 33 heavy (non-hydrogen) atoms. The molecule has 0 unspecified atom stereocenters. The number of pyridine rings is 1. The van der Waals surface area contributed by atoms with E-state index >= 15 is 0 Å². The van der Waals surface area contributed by atoms with Crippen molar-refractivity contribution in [3.05, 3.63) is 34.7 Å². The lowest BCUT2D eigenvalue weighted by molar-refractivity contribution is 0.111. The average molecular weight is 452 g/mol. The Hall–Kier alpha value is -2.71. The van der Waals surface area contributed by atoms with Crippen LogP contribution in [0, 0.1) is 0 Å². The van der Waals surface area contributed by atoms with Crippen LogP contribution in [0.1, 0.15) is 51.5 Å². The molecule has 1 saturated carbocycles. The van der Waals surface area contributed by atoms with Crippen molar-refractivity contribution >= 4 is 33.4 Å². The zero-order chi connectivity index (χ0) is 22.8. The predicted octanol–water partition coefficient (Wildman–Crippen LogP) is 3.47. The van der Waals surface area contributed by atoms with E-state index in [0.29, 0.717) is 43.0 Å². The quantitative estimate of drug-likeness (QED) is 0.438. The van der Waals surface area contributed by atoms with Crippen LogP contribution in [-0.2, 0) is 4.74 Å². The summed E-state index contributed by atoms with van der Waals surface area (Å²) in [7, 11) is 0. The van der Waals surface area contributed by atoms with Gasteiger partial charge in [-0.15, -0.1) is 0 Å². The summed E-state index contributed by atoms with van der Waals surface area (Å²) in [6.07, 6.45) is 6.65. The van der Waals surface area contributed by atoms with Gasteiger partial charge in [0.25, 0.3) is 5.56 Å². The molecule has 0 amide bonds. The summed E-state index contributed by atoms with van der Waals surface area (Å²) in [6.45, 7) is 6.00. The van der Waals surface area contributed by atoms with Gasteiger partial charge in [-0.3, -0.25) is 9.36 Å². The first-order chi connectivity index (χ1) is 16.2. The number of aliphatic hydroxyl groups is 1. The summed E-state index contributed by atoms with van der Waals surface area (Å²) in [4.78, 5) is 25.6. The smallest absolute Gasteiger partial charge is 0.260 e. The van der Waals surface area contributed by atoms with E-state index in [4.69, 9.17) is 9.72 Å². The summed E-state index contributed by atoms with van der Waals surface area (Å²) in [5.74, 6) is 0.559. The van der Waals surface area contributed by atoms with Crippen molar-refractivity contribution in [2.45, 2.75) is 57.6 Å². The van der Waals surface area contributed by atoms with Gasteiger partial charge in [0, 0.05) is 42.9 Å². The third-order valence-corrected chi connectivity index (χ3v) is 6.96. The Kier molecular flexibility index (Phi) is 6.46. The topological polar surface area (TPSA) is 92.5 Å². The number of aromatic nitrogens is 3. The second kappa shape index (κ2) is 9.65. The van der Waals surface area contributed by atoms with Gasteiger partial charge >= 0.3 is 0 Å². The Morgan fingerprint density at radius 3 is 2.67 bits per heavy atom. The zero-order valence-electron chi connectivity index (χ0n) is 19.3. The molecule has 0 bridgehead atoms. The maximum atomic E-state index is 13.9. The number of morpholine rings is 1. The Morgan fingerprint density at radius 2 is 1.91 bits per heavy atom. The molecule has 2 N–H and O–H groups in total. The first-order valence-electron chi connectivity index (χ1n) is 12.3. The fraction of sp³-hybridized carbons (Fsp3) is 0.560. The molecule has 1 aromatic carbocycles. The van der Waals surface area contributed by atoms with Gasteiger partial charge < -0.3 is 20.1 Å². The molecule has 1 aliphatic heterocycles. The second-order valence-electron chi connectivity index (χ2n) is 9.18. The molecule has 2 aliphatic rings. The third kappa shape index (κ3) is 4.42. The number of aliphatic hydroxyl groups excluding tert-OH is 1. The molecule has 0 atom stereocenters. The lowest BCUT2D eigenvalue weighted by atomic mass is 9.92. The van der Waals surface area contributed by atoms with Crippen molar-refractivity contribution in [1.82, 2.24) is 14.5 Å². The summed E-state index contributed by atoms with van der Waals surface area (Å²) in [5, 5.41) is 15.8. The Labute approximate surface area is 193 Å². The van der Waals surface area contributed by atoms with Crippen LogP contribution in [0.15, 0.2) is 29.2 Å². The van der Waals surface area contributed by atoms with E-state index in [2.05, 4.69) is 28.2 Å². The van der Waals surface area contributed by atoms with E-state index in [0.717, 1.165) is 61.8 Å². The van der Waals surface area contributed by atoms with Gasteiger partial charge in [-0.05, 0) is 49.6 Å². The van der Waals surface area contributed by atoms with Gasteiger partial charge in [0.05, 0.1) is 24.7 Å². The normalized spacial score (nSPS) is 21.6. The SMILES string of the molecule is CCCCNc1ncc2c3ccc(N4CCOCC4)cc3c(=O)n(C3CCC(O)CC3)c2n1. The number of nitrogens with zero attached hydrogens (tertiary/aromatic N) is 4. The molecule has 2 aromatic heterocycles. The minimum atomic E-state index is -0.280. The van der Waals surface area contributed by atoms with Gasteiger partial charge in [0.1, 0.15) is 5.65 Å². The van der Waals surface area contributed by atoms with Crippen LogP contribution in [-0.4, -0.2) is 58.6 Å². The maximum absolute atomic E-state index is 13.9. The van der Waals surface area contributed by atoms with Gasteiger partial charge in [0.2, 0.25) is 5.95 Å². The molecule has 1 aliphatic carbocycles. The fourth-order valence-corrected chi connectivity index (χ4v) is 5.05. The maximum Gasteiger partial charge on any atom is 0.260 e. The Balaban J connectivity index is 1.65. The lowest BCUT2D eigenvalue weighted by Crippen LogP contribution is -2.36. The van der Waals surface area contributed by atoms with Crippen LogP contribution >= 0.6 is 0 Å². The highest BCUT2D eigenvalue weighted by atomic mass is 16.5. The number of benzene rings is 1. The van der Waals surface area contributed by atoms with Crippen LogP contribution in [0.2, 0.25) is 0 Å². The van der Waals surface area contributed by atoms with Crippen LogP contribution in [0.25, 0.3) is 21.8 Å². The largest absolute Gasteiger partial charge is 0.393 e. The van der Waals surface area contributed by atoms with Crippen molar-refractivity contribution in [3.8, 4) is 0 Å². The zero-order valence-corrected chi connectivity index (χ0v) is 19.3. The summed E-state index contributed by atoms with van der Waals surface area (Å²) >= 11 is 0. The summed E-state index contributed by atoms with van der Waals surface area (Å²) in [6, 6.07) is 6.16. The molecule has 2 fully saturated rings. The molecule has 1 saturated heterocycles. The molecule has 8 nitrogen and oxygen atoms in total. The molecule has 8 heteroatoms. The highest BCUT2D eigenvalue weighted by Gasteiger charge is 2.25. The molecular formula is C25H33N5O3. The van der Waals surface area contributed by atoms with Crippen molar-refractivity contribution in [2.75, 3.05) is 43.1 Å². The molecule has 0 spiro atoms. The molecular weight excluding hydrogens is 418 g/mol. The standard InChI is InChI=1S/C25H33N5O3/c1-2-3-10-26-25-27-16-22-20-9-6-18(29-11-13-33-14-12-29)15-21(20)24(32)30(23(22)28-25)17-4-7-19(31)8-5-17/h6,9,15-17,19,31H,2-5,7-8,10-14H2,1H3,(H,26,27,28). The monoisotopic (exact) mass is 451 g/mol. The van der Waals surface area contributed by atoms with Gasteiger partial charge in [-0.25, -0.2) is 4.98 Å². The number of hydrogen-bond acceptors (Lipinski definition) is 7. The number of ether oxygens (including phenoxy) is 1. The van der Waals surface area contributed by atoms with E-state index < -0.39 is 0 Å². The van der Waals surface area contributed by atoms with E-state index in [1.54, 1.807) is 0 Å². The highest BCUT2D eigenvalue weighted by molar-refractivity contribution is 6.05. The van der Waals surface area contributed by atoms with Crippen LogP contribution in [0.3, 0.4) is 0 Å². The van der Waals surface area contributed by atoms with Crippen LogP contribution in [0.5, 0.6) is 0 Å². The third-order valence-electron chi connectivity index (χ3n) is 6.96. The number of hydrogen-bond donors (Lipinski definition) is 2. The van der Waals surface area contributed by atoms with E-state index in [1.165, 1.54) is 0 Å². The highest BCUT2D eigenvalue weighted by Crippen LogP contribution is 2.33. The minimum Gasteiger partial charge on any atom is -0.393 e. The Bertz CT molecular complexity index is 1180. The summed E-state index contributed by atoms with van der Waals surface area (Å²) < 4.78 is 7.37. The molecule has 5 rings (SSSR count). The van der Waals surface area contributed by atoms with E-state index in [1.807, 2.05) is 22.9 Å². The Morgan fingerprint density at radius 1 is 1.12 bits per heavy atom. The molecule has 3 heterocycles.